The molecule has 120 valence electrons. The van der Waals surface area contributed by atoms with E-state index in [1.54, 1.807) is 6.20 Å². The maximum atomic E-state index is 4.43. The molecule has 0 saturated carbocycles. The van der Waals surface area contributed by atoms with Crippen molar-refractivity contribution in [2.45, 2.75) is 46.1 Å². The van der Waals surface area contributed by atoms with E-state index in [9.17, 15) is 0 Å². The second-order valence-electron chi connectivity index (χ2n) is 6.07. The number of piperidine rings is 1. The maximum absolute atomic E-state index is 4.43. The summed E-state index contributed by atoms with van der Waals surface area (Å²) < 4.78 is 0. The molecule has 0 radical (unpaired) electrons. The zero-order valence-corrected chi connectivity index (χ0v) is 15.7. The van der Waals surface area contributed by atoms with Crippen molar-refractivity contribution in [3.05, 3.63) is 18.0 Å². The van der Waals surface area contributed by atoms with E-state index in [1.807, 2.05) is 13.1 Å². The van der Waals surface area contributed by atoms with E-state index in [1.165, 1.54) is 25.7 Å². The minimum atomic E-state index is 0. The number of aliphatic imine (C=N–C) groups is 1. The van der Waals surface area contributed by atoms with Gasteiger partial charge in [-0.05, 0) is 30.7 Å². The number of nitrogens with one attached hydrogen (secondary N) is 2. The Morgan fingerprint density at radius 2 is 2.38 bits per heavy atom. The summed E-state index contributed by atoms with van der Waals surface area (Å²) in [5.74, 6) is 1.00. The molecule has 1 aliphatic rings. The third-order valence-electron chi connectivity index (χ3n) is 4.14. The number of aromatic amines is 1. The van der Waals surface area contributed by atoms with Gasteiger partial charge in [-0.2, -0.15) is 5.10 Å². The number of H-pyrrole nitrogens is 1. The smallest absolute Gasteiger partial charge is 0.193 e. The lowest BCUT2D eigenvalue weighted by Crippen LogP contribution is -2.49. The molecule has 1 saturated heterocycles. The average molecular weight is 405 g/mol. The van der Waals surface area contributed by atoms with Crippen LogP contribution >= 0.6 is 24.0 Å². The molecule has 0 aromatic carbocycles. The van der Waals surface area contributed by atoms with E-state index in [0.29, 0.717) is 5.41 Å². The molecule has 0 bridgehead atoms. The van der Waals surface area contributed by atoms with Crippen LogP contribution in [0.5, 0.6) is 0 Å². The average Bonchev–Trinajstić information content (AvgIpc) is 2.93. The van der Waals surface area contributed by atoms with Crippen molar-refractivity contribution in [1.82, 2.24) is 20.4 Å². The lowest BCUT2D eigenvalue weighted by molar-refractivity contribution is 0.142. The summed E-state index contributed by atoms with van der Waals surface area (Å²) in [7, 11) is 1.86. The van der Waals surface area contributed by atoms with Crippen molar-refractivity contribution in [2.75, 3.05) is 20.1 Å². The Bertz CT molecular complexity index is 427. The molecule has 6 heteroatoms. The molecule has 0 amide bonds. The summed E-state index contributed by atoms with van der Waals surface area (Å²) in [6.45, 7) is 7.62. The van der Waals surface area contributed by atoms with Gasteiger partial charge in [0.1, 0.15) is 0 Å². The van der Waals surface area contributed by atoms with Crippen molar-refractivity contribution < 1.29 is 0 Å². The highest BCUT2D eigenvalue weighted by molar-refractivity contribution is 14.0. The highest BCUT2D eigenvalue weighted by Gasteiger charge is 2.31. The molecule has 21 heavy (non-hydrogen) atoms. The second-order valence-corrected chi connectivity index (χ2v) is 6.07. The highest BCUT2D eigenvalue weighted by atomic mass is 127. The molecule has 0 aliphatic carbocycles. The Labute approximate surface area is 145 Å². The maximum Gasteiger partial charge on any atom is 0.193 e. The van der Waals surface area contributed by atoms with Crippen LogP contribution in [0.4, 0.5) is 0 Å². The number of hydrogen-bond acceptors (Lipinski definition) is 2. The van der Waals surface area contributed by atoms with Gasteiger partial charge in [-0.15, -0.1) is 24.0 Å². The summed E-state index contributed by atoms with van der Waals surface area (Å²) in [6.07, 6.45) is 6.90. The zero-order chi connectivity index (χ0) is 14.4. The van der Waals surface area contributed by atoms with Crippen LogP contribution in [0.1, 0.15) is 45.2 Å². The van der Waals surface area contributed by atoms with E-state index in [2.05, 4.69) is 39.3 Å². The number of halogens is 1. The van der Waals surface area contributed by atoms with Crippen LogP contribution in [0.2, 0.25) is 0 Å². The predicted molar refractivity (Wildman–Crippen MR) is 98.0 cm³/mol. The number of nitrogens with zero attached hydrogens (tertiary/aromatic N) is 3. The van der Waals surface area contributed by atoms with Gasteiger partial charge in [-0.1, -0.05) is 20.3 Å². The first-order valence-corrected chi connectivity index (χ1v) is 7.61. The molecule has 5 nitrogen and oxygen atoms in total. The van der Waals surface area contributed by atoms with Crippen molar-refractivity contribution in [2.24, 2.45) is 10.4 Å². The number of aromatic nitrogens is 2. The van der Waals surface area contributed by atoms with Crippen LogP contribution in [-0.2, 0) is 6.54 Å². The summed E-state index contributed by atoms with van der Waals surface area (Å²) in [5.41, 5.74) is 1.51. The largest absolute Gasteiger partial charge is 0.351 e. The summed E-state index contributed by atoms with van der Waals surface area (Å²) >= 11 is 0. The third-order valence-corrected chi connectivity index (χ3v) is 4.14. The molecular weight excluding hydrogens is 377 g/mol. The SMILES string of the molecule is CCCC1(C)CCCN(C(=NC)NCc2ccn[nH]2)C1.I. The molecule has 0 spiro atoms. The normalized spacial score (nSPS) is 22.8. The van der Waals surface area contributed by atoms with Crippen molar-refractivity contribution in [3.63, 3.8) is 0 Å². The van der Waals surface area contributed by atoms with E-state index in [-0.39, 0.29) is 24.0 Å². The van der Waals surface area contributed by atoms with Crippen molar-refractivity contribution >= 4 is 29.9 Å². The van der Waals surface area contributed by atoms with E-state index in [0.717, 1.165) is 31.3 Å². The predicted octanol–water partition coefficient (Wildman–Crippen LogP) is 3.01. The third kappa shape index (κ3) is 5.16. The fraction of sp³-hybridized carbons (Fsp3) is 0.733. The fourth-order valence-corrected chi connectivity index (χ4v) is 3.19. The Balaban J connectivity index is 0.00000220. The monoisotopic (exact) mass is 405 g/mol. The van der Waals surface area contributed by atoms with Gasteiger partial charge in [0.25, 0.3) is 0 Å². The van der Waals surface area contributed by atoms with Crippen LogP contribution < -0.4 is 5.32 Å². The first-order chi connectivity index (χ1) is 9.67. The van der Waals surface area contributed by atoms with Crippen LogP contribution in [-0.4, -0.2) is 41.2 Å². The minimum Gasteiger partial charge on any atom is -0.351 e. The van der Waals surface area contributed by atoms with E-state index >= 15 is 0 Å². The molecule has 1 aromatic heterocycles. The van der Waals surface area contributed by atoms with E-state index < -0.39 is 0 Å². The Hall–Kier alpha value is -0.790. The summed E-state index contributed by atoms with van der Waals surface area (Å²) in [4.78, 5) is 6.83. The van der Waals surface area contributed by atoms with Gasteiger partial charge in [-0.3, -0.25) is 10.1 Å². The van der Waals surface area contributed by atoms with Crippen LogP contribution in [0, 0.1) is 5.41 Å². The van der Waals surface area contributed by atoms with Crippen LogP contribution in [0.25, 0.3) is 0 Å². The molecular formula is C15H28IN5. The lowest BCUT2D eigenvalue weighted by Gasteiger charge is -2.42. The Kier molecular flexibility index (Phi) is 7.48. The minimum absolute atomic E-state index is 0. The Morgan fingerprint density at radius 3 is 3.00 bits per heavy atom. The number of hydrogen-bond donors (Lipinski definition) is 2. The van der Waals surface area contributed by atoms with Gasteiger partial charge in [0.05, 0.1) is 12.2 Å². The number of likely N-dealkylation sites (tertiary alicyclic amines) is 1. The quantitative estimate of drug-likeness (QED) is 0.460. The molecule has 2 rings (SSSR count). The van der Waals surface area contributed by atoms with Gasteiger partial charge in [0, 0.05) is 26.3 Å². The van der Waals surface area contributed by atoms with Gasteiger partial charge in [0.2, 0.25) is 0 Å². The molecule has 2 heterocycles. The van der Waals surface area contributed by atoms with Gasteiger partial charge < -0.3 is 10.2 Å². The molecule has 1 aliphatic heterocycles. The fourth-order valence-electron chi connectivity index (χ4n) is 3.19. The highest BCUT2D eigenvalue weighted by Crippen LogP contribution is 2.33. The topological polar surface area (TPSA) is 56.3 Å². The van der Waals surface area contributed by atoms with Crippen molar-refractivity contribution in [3.8, 4) is 0 Å². The van der Waals surface area contributed by atoms with Gasteiger partial charge in [-0.25, -0.2) is 0 Å². The zero-order valence-electron chi connectivity index (χ0n) is 13.4. The first-order valence-electron chi connectivity index (χ1n) is 7.61. The molecule has 1 fully saturated rings. The summed E-state index contributed by atoms with van der Waals surface area (Å²) in [5, 5.41) is 10.4. The van der Waals surface area contributed by atoms with Gasteiger partial charge >= 0.3 is 0 Å². The lowest BCUT2D eigenvalue weighted by atomic mass is 9.78. The Morgan fingerprint density at radius 1 is 1.57 bits per heavy atom. The number of guanidine groups is 1. The van der Waals surface area contributed by atoms with Gasteiger partial charge in [0.15, 0.2) is 5.96 Å². The first kappa shape index (κ1) is 18.3. The summed E-state index contributed by atoms with van der Waals surface area (Å²) in [6, 6.07) is 1.98. The van der Waals surface area contributed by atoms with Crippen molar-refractivity contribution in [1.29, 1.82) is 0 Å². The second kappa shape index (κ2) is 8.60. The molecule has 2 N–H and O–H groups in total. The van der Waals surface area contributed by atoms with Crippen LogP contribution in [0.3, 0.4) is 0 Å². The van der Waals surface area contributed by atoms with E-state index in [4.69, 9.17) is 0 Å². The van der Waals surface area contributed by atoms with Crippen LogP contribution in [0.15, 0.2) is 17.3 Å². The molecule has 1 unspecified atom stereocenters. The number of rotatable bonds is 4. The molecule has 1 atom stereocenters. The molecule has 1 aromatic rings. The standard InChI is InChI=1S/C15H27N5.HI/c1-4-7-15(2)8-5-10-20(12-15)14(16-3)17-11-13-6-9-18-19-13;/h6,9H,4-5,7-8,10-12H2,1-3H3,(H,16,17)(H,18,19);1H.